The van der Waals surface area contributed by atoms with Gasteiger partial charge in [-0.1, -0.05) is 215 Å². The minimum absolute atomic E-state index is 0.0923. The predicted octanol–water partition coefficient (Wildman–Crippen LogP) is 18.8. The van der Waals surface area contributed by atoms with Crippen LogP contribution >= 0.6 is 0 Å². The molecule has 0 N–H and O–H groups in total. The van der Waals surface area contributed by atoms with Crippen molar-refractivity contribution in [1.82, 2.24) is 0 Å². The summed E-state index contributed by atoms with van der Waals surface area (Å²) in [6.45, 7) is 6.47. The molecule has 0 amide bonds. The van der Waals surface area contributed by atoms with Gasteiger partial charge in [0.05, 0.1) is 0 Å². The molecule has 0 spiro atoms. The maximum atomic E-state index is 12.8. The average Bonchev–Trinajstić information content (AvgIpc) is 3.33. The van der Waals surface area contributed by atoms with Crippen LogP contribution in [0, 0.1) is 0 Å². The topological polar surface area (TPSA) is 78.9 Å². The molecule has 0 rings (SSSR count). The fourth-order valence-electron chi connectivity index (χ4n) is 7.63. The highest BCUT2D eigenvalue weighted by Gasteiger charge is 2.19. The molecule has 0 aliphatic heterocycles. The molecule has 0 radical (unpaired) electrons. The summed E-state index contributed by atoms with van der Waals surface area (Å²) in [6, 6.07) is 0. The van der Waals surface area contributed by atoms with Crippen molar-refractivity contribution in [3.8, 4) is 0 Å². The van der Waals surface area contributed by atoms with Crippen molar-refractivity contribution >= 4 is 17.9 Å². The number of unbranched alkanes of at least 4 members (excludes halogenated alkanes) is 25. The zero-order valence-electron chi connectivity index (χ0n) is 43.9. The van der Waals surface area contributed by atoms with Crippen LogP contribution in [0.2, 0.25) is 0 Å². The fraction of sp³-hybridized carbons (Fsp3) is 0.721. The lowest BCUT2D eigenvalue weighted by Crippen LogP contribution is -2.30. The summed E-state index contributed by atoms with van der Waals surface area (Å²) in [5.74, 6) is -0.927. The van der Waals surface area contributed by atoms with E-state index in [9.17, 15) is 14.4 Å². The zero-order chi connectivity index (χ0) is 48.6. The van der Waals surface area contributed by atoms with Crippen LogP contribution in [0.4, 0.5) is 0 Å². The number of esters is 3. The molecule has 0 saturated carbocycles. The molecular formula is C61H104O6. The minimum atomic E-state index is -0.795. The Hall–Kier alpha value is -3.41. The van der Waals surface area contributed by atoms with Crippen molar-refractivity contribution < 1.29 is 28.6 Å². The summed E-state index contributed by atoms with van der Waals surface area (Å²) in [5, 5.41) is 0. The van der Waals surface area contributed by atoms with E-state index >= 15 is 0 Å². The van der Waals surface area contributed by atoms with Crippen LogP contribution in [0.15, 0.2) is 85.1 Å². The fourth-order valence-corrected chi connectivity index (χ4v) is 7.63. The van der Waals surface area contributed by atoms with Crippen LogP contribution in [-0.2, 0) is 28.6 Å². The van der Waals surface area contributed by atoms with Crippen LogP contribution in [0.25, 0.3) is 0 Å². The average molecular weight is 933 g/mol. The number of allylic oxidation sites excluding steroid dienone is 14. The molecule has 0 bridgehead atoms. The highest BCUT2D eigenvalue weighted by molar-refractivity contribution is 5.71. The van der Waals surface area contributed by atoms with Crippen LogP contribution in [0.1, 0.15) is 265 Å². The maximum absolute atomic E-state index is 12.8. The second kappa shape index (κ2) is 55.2. The summed E-state index contributed by atoms with van der Waals surface area (Å²) < 4.78 is 16.8. The third-order valence-corrected chi connectivity index (χ3v) is 11.9. The molecule has 1 atom stereocenters. The van der Waals surface area contributed by atoms with Crippen molar-refractivity contribution in [2.45, 2.75) is 271 Å². The van der Waals surface area contributed by atoms with Gasteiger partial charge in [0, 0.05) is 19.3 Å². The van der Waals surface area contributed by atoms with Gasteiger partial charge >= 0.3 is 17.9 Å². The van der Waals surface area contributed by atoms with Gasteiger partial charge in [-0.25, -0.2) is 0 Å². The first-order valence-electron chi connectivity index (χ1n) is 28.1. The van der Waals surface area contributed by atoms with Crippen molar-refractivity contribution in [1.29, 1.82) is 0 Å². The molecule has 67 heavy (non-hydrogen) atoms. The van der Waals surface area contributed by atoms with Crippen molar-refractivity contribution in [3.05, 3.63) is 85.1 Å². The van der Waals surface area contributed by atoms with E-state index in [0.29, 0.717) is 19.3 Å². The van der Waals surface area contributed by atoms with Crippen molar-refractivity contribution in [2.24, 2.45) is 0 Å². The van der Waals surface area contributed by atoms with E-state index in [-0.39, 0.29) is 31.1 Å². The Balaban J connectivity index is 4.44. The van der Waals surface area contributed by atoms with Crippen LogP contribution in [0.5, 0.6) is 0 Å². The summed E-state index contributed by atoms with van der Waals surface area (Å²) in [5.41, 5.74) is 0. The Labute approximate surface area is 414 Å². The largest absolute Gasteiger partial charge is 0.462 e. The smallest absolute Gasteiger partial charge is 0.306 e. The first kappa shape index (κ1) is 63.6. The molecule has 6 heteroatoms. The highest BCUT2D eigenvalue weighted by Crippen LogP contribution is 2.14. The second-order valence-corrected chi connectivity index (χ2v) is 18.5. The molecule has 384 valence electrons. The van der Waals surface area contributed by atoms with Gasteiger partial charge in [0.15, 0.2) is 6.10 Å². The summed E-state index contributed by atoms with van der Waals surface area (Å²) in [7, 11) is 0. The maximum Gasteiger partial charge on any atom is 0.306 e. The van der Waals surface area contributed by atoms with Gasteiger partial charge in [-0.2, -0.15) is 0 Å². The summed E-state index contributed by atoms with van der Waals surface area (Å²) >= 11 is 0. The first-order valence-corrected chi connectivity index (χ1v) is 28.1. The second-order valence-electron chi connectivity index (χ2n) is 18.5. The zero-order valence-corrected chi connectivity index (χ0v) is 43.9. The van der Waals surface area contributed by atoms with E-state index in [1.54, 1.807) is 0 Å². The molecule has 6 nitrogen and oxygen atoms in total. The normalized spacial score (nSPS) is 12.7. The first-order chi connectivity index (χ1) is 33.0. The molecule has 0 fully saturated rings. The van der Waals surface area contributed by atoms with Crippen molar-refractivity contribution in [3.63, 3.8) is 0 Å². The molecule has 1 unspecified atom stereocenters. The number of hydrogen-bond acceptors (Lipinski definition) is 6. The molecular weight excluding hydrogens is 829 g/mol. The Morgan fingerprint density at radius 2 is 0.582 bits per heavy atom. The van der Waals surface area contributed by atoms with Crippen LogP contribution in [-0.4, -0.2) is 37.2 Å². The molecule has 0 aromatic rings. The van der Waals surface area contributed by atoms with E-state index in [4.69, 9.17) is 14.2 Å². The Bertz CT molecular complexity index is 1300. The van der Waals surface area contributed by atoms with E-state index in [1.165, 1.54) is 89.9 Å². The van der Waals surface area contributed by atoms with Crippen LogP contribution < -0.4 is 0 Å². The Morgan fingerprint density at radius 3 is 0.910 bits per heavy atom. The third-order valence-electron chi connectivity index (χ3n) is 11.9. The van der Waals surface area contributed by atoms with Gasteiger partial charge in [-0.05, 0) is 116 Å². The number of carbonyl (C=O) groups is 3. The molecule has 0 aromatic heterocycles. The number of carbonyl (C=O) groups excluding carboxylic acids is 3. The number of hydrogen-bond donors (Lipinski definition) is 0. The SMILES string of the molecule is CC/C=C\C/C=C\C/C=C\CCCCCCCC(=O)OCC(COC(=O)CCCCCCCCC/C=C\C/C=C\CCCCCC)OC(=O)CCCCCCC/C=C\C/C=C\CCCCCC. The molecule has 0 aliphatic rings. The van der Waals surface area contributed by atoms with Gasteiger partial charge in [-0.3, -0.25) is 14.4 Å². The monoisotopic (exact) mass is 933 g/mol. The van der Waals surface area contributed by atoms with E-state index in [1.807, 2.05) is 0 Å². The standard InChI is InChI=1S/C61H104O6/c1-4-7-10-13-16-19-22-25-28-30-31-34-36-39-42-45-48-51-54-60(63)66-57-58(56-65-59(62)53-50-47-44-41-38-35-32-27-24-21-18-15-12-9-6-3)67-61(64)55-52-49-46-43-40-37-33-29-26-23-20-17-14-11-8-5-2/h9,12,18-23,27-30,32-33,58H,4-8,10-11,13-17,24-26,31,34-57H2,1-3H3/b12-9-,21-18-,22-19-,23-20-,30-28-,32-27-,33-29-. The molecule has 0 aromatic carbocycles. The lowest BCUT2D eigenvalue weighted by molar-refractivity contribution is -0.167. The van der Waals surface area contributed by atoms with E-state index in [2.05, 4.69) is 106 Å². The van der Waals surface area contributed by atoms with Gasteiger partial charge in [0.2, 0.25) is 0 Å². The van der Waals surface area contributed by atoms with Crippen LogP contribution in [0.3, 0.4) is 0 Å². The van der Waals surface area contributed by atoms with Gasteiger partial charge in [-0.15, -0.1) is 0 Å². The van der Waals surface area contributed by atoms with Gasteiger partial charge in [0.25, 0.3) is 0 Å². The summed E-state index contributed by atoms with van der Waals surface area (Å²) in [6.07, 6.45) is 71.3. The van der Waals surface area contributed by atoms with E-state index in [0.717, 1.165) is 135 Å². The van der Waals surface area contributed by atoms with Crippen molar-refractivity contribution in [2.75, 3.05) is 13.2 Å². The molecule has 0 heterocycles. The predicted molar refractivity (Wildman–Crippen MR) is 288 cm³/mol. The van der Waals surface area contributed by atoms with E-state index < -0.39 is 6.10 Å². The Kier molecular flexibility index (Phi) is 52.4. The third kappa shape index (κ3) is 53.4. The lowest BCUT2D eigenvalue weighted by atomic mass is 10.1. The Morgan fingerprint density at radius 1 is 0.313 bits per heavy atom. The van der Waals surface area contributed by atoms with Gasteiger partial charge in [0.1, 0.15) is 13.2 Å². The molecule has 0 aliphatic carbocycles. The molecule has 0 saturated heterocycles. The summed E-state index contributed by atoms with van der Waals surface area (Å²) in [4.78, 5) is 38.1. The minimum Gasteiger partial charge on any atom is -0.462 e. The highest BCUT2D eigenvalue weighted by atomic mass is 16.6. The number of rotatable bonds is 50. The van der Waals surface area contributed by atoms with Gasteiger partial charge < -0.3 is 14.2 Å². The lowest BCUT2D eigenvalue weighted by Gasteiger charge is -2.18. The quantitative estimate of drug-likeness (QED) is 0.0262. The number of ether oxygens (including phenoxy) is 3.